The van der Waals surface area contributed by atoms with Crippen LogP contribution in [-0.2, 0) is 13.0 Å². The minimum absolute atomic E-state index is 0.0521. The summed E-state index contributed by atoms with van der Waals surface area (Å²) >= 11 is 3.55. The molecule has 2 heterocycles. The second-order valence-corrected chi connectivity index (χ2v) is 7.86. The SMILES string of the molecule is CC(C)c1cc(N2CCc3cc(Br)ccc3C2)nc(N[C@H](C)CO)n1. The predicted octanol–water partition coefficient (Wildman–Crippen LogP) is 3.72. The van der Waals surface area contributed by atoms with Crippen molar-refractivity contribution in [1.82, 2.24) is 9.97 Å². The van der Waals surface area contributed by atoms with Crippen LogP contribution in [0.5, 0.6) is 0 Å². The molecule has 2 N–H and O–H groups in total. The van der Waals surface area contributed by atoms with E-state index >= 15 is 0 Å². The third kappa shape index (κ3) is 4.30. The summed E-state index contributed by atoms with van der Waals surface area (Å²) < 4.78 is 1.13. The fourth-order valence-electron chi connectivity index (χ4n) is 2.96. The maximum atomic E-state index is 9.29. The summed E-state index contributed by atoms with van der Waals surface area (Å²) in [5, 5.41) is 12.5. The number of hydrogen-bond acceptors (Lipinski definition) is 5. The molecule has 0 bridgehead atoms. The topological polar surface area (TPSA) is 61.3 Å². The van der Waals surface area contributed by atoms with Crippen LogP contribution in [0.25, 0.3) is 0 Å². The second kappa shape index (κ2) is 7.70. The first-order chi connectivity index (χ1) is 12.0. The van der Waals surface area contributed by atoms with Gasteiger partial charge in [0.25, 0.3) is 0 Å². The van der Waals surface area contributed by atoms with Gasteiger partial charge in [-0.15, -0.1) is 0 Å². The summed E-state index contributed by atoms with van der Waals surface area (Å²) in [6.45, 7) is 8.03. The second-order valence-electron chi connectivity index (χ2n) is 6.94. The van der Waals surface area contributed by atoms with Crippen LogP contribution >= 0.6 is 15.9 Å². The number of hydrogen-bond donors (Lipinski definition) is 2. The lowest BCUT2D eigenvalue weighted by Crippen LogP contribution is -2.31. The molecule has 5 nitrogen and oxygen atoms in total. The van der Waals surface area contributed by atoms with Crippen molar-refractivity contribution in [3.8, 4) is 0 Å². The lowest BCUT2D eigenvalue weighted by atomic mass is 10.00. The van der Waals surface area contributed by atoms with Gasteiger partial charge in [-0.2, -0.15) is 4.98 Å². The van der Waals surface area contributed by atoms with Crippen molar-refractivity contribution in [2.24, 2.45) is 0 Å². The largest absolute Gasteiger partial charge is 0.394 e. The number of aromatic nitrogens is 2. The molecule has 0 unspecified atom stereocenters. The van der Waals surface area contributed by atoms with Gasteiger partial charge in [-0.05, 0) is 42.5 Å². The summed E-state index contributed by atoms with van der Waals surface area (Å²) in [7, 11) is 0. The van der Waals surface area contributed by atoms with E-state index in [1.54, 1.807) is 0 Å². The highest BCUT2D eigenvalue weighted by atomic mass is 79.9. The molecule has 1 aromatic carbocycles. The molecule has 1 atom stereocenters. The molecule has 0 spiro atoms. The molecule has 25 heavy (non-hydrogen) atoms. The number of anilines is 2. The zero-order chi connectivity index (χ0) is 18.0. The van der Waals surface area contributed by atoms with E-state index < -0.39 is 0 Å². The van der Waals surface area contributed by atoms with E-state index in [1.165, 1.54) is 11.1 Å². The molecule has 0 amide bonds. The molecule has 0 saturated carbocycles. The molecule has 2 aromatic rings. The van der Waals surface area contributed by atoms with E-state index in [4.69, 9.17) is 4.98 Å². The first-order valence-electron chi connectivity index (χ1n) is 8.75. The van der Waals surface area contributed by atoms with Crippen molar-refractivity contribution < 1.29 is 5.11 Å². The number of fused-ring (bicyclic) bond motifs is 1. The van der Waals surface area contributed by atoms with E-state index in [2.05, 4.69) is 69.2 Å². The monoisotopic (exact) mass is 404 g/mol. The Bertz CT molecular complexity index is 750. The van der Waals surface area contributed by atoms with E-state index in [-0.39, 0.29) is 12.6 Å². The van der Waals surface area contributed by atoms with Crippen molar-refractivity contribution in [1.29, 1.82) is 0 Å². The molecule has 0 radical (unpaired) electrons. The van der Waals surface area contributed by atoms with Crippen LogP contribution < -0.4 is 10.2 Å². The van der Waals surface area contributed by atoms with Gasteiger partial charge in [-0.25, -0.2) is 4.98 Å². The Hall–Kier alpha value is -1.66. The molecule has 6 heteroatoms. The zero-order valence-corrected chi connectivity index (χ0v) is 16.5. The highest BCUT2D eigenvalue weighted by Gasteiger charge is 2.20. The molecule has 3 rings (SSSR count). The fourth-order valence-corrected chi connectivity index (χ4v) is 3.37. The lowest BCUT2D eigenvalue weighted by Gasteiger charge is -2.30. The molecule has 0 fully saturated rings. The number of aliphatic hydroxyl groups is 1. The molecule has 1 aliphatic heterocycles. The minimum atomic E-state index is -0.0744. The summed E-state index contributed by atoms with van der Waals surface area (Å²) in [5.41, 5.74) is 3.76. The van der Waals surface area contributed by atoms with Crippen LogP contribution in [0.2, 0.25) is 0 Å². The lowest BCUT2D eigenvalue weighted by molar-refractivity contribution is 0.281. The molecule has 0 saturated heterocycles. The Kier molecular flexibility index (Phi) is 5.59. The van der Waals surface area contributed by atoms with Crippen molar-refractivity contribution in [2.45, 2.75) is 45.7 Å². The highest BCUT2D eigenvalue weighted by Crippen LogP contribution is 2.28. The van der Waals surface area contributed by atoms with Crippen molar-refractivity contribution in [3.05, 3.63) is 45.6 Å². The minimum Gasteiger partial charge on any atom is -0.394 e. The third-order valence-corrected chi connectivity index (χ3v) is 4.97. The van der Waals surface area contributed by atoms with Gasteiger partial charge in [0.05, 0.1) is 12.3 Å². The van der Waals surface area contributed by atoms with Gasteiger partial charge in [0.2, 0.25) is 5.95 Å². The third-order valence-electron chi connectivity index (χ3n) is 4.48. The molecule has 0 aliphatic carbocycles. The Balaban J connectivity index is 1.89. The Morgan fingerprint density at radius 1 is 1.20 bits per heavy atom. The average molecular weight is 405 g/mol. The molecular formula is C19H25BrN4O. The van der Waals surface area contributed by atoms with Gasteiger partial charge in [-0.1, -0.05) is 35.8 Å². The standard InChI is InChI=1S/C19H25BrN4O/c1-12(2)17-9-18(23-19(22-17)21-13(3)11-25)24-7-6-14-8-16(20)5-4-15(14)10-24/h4-5,8-9,12-13,25H,6-7,10-11H2,1-3H3,(H,21,22,23)/t13-/m1/s1. The summed E-state index contributed by atoms with van der Waals surface area (Å²) in [6.07, 6.45) is 1.01. The first-order valence-corrected chi connectivity index (χ1v) is 9.54. The molecule has 1 aliphatic rings. The van der Waals surface area contributed by atoms with Gasteiger partial charge in [0.15, 0.2) is 0 Å². The normalized spacial score (nSPS) is 15.2. The van der Waals surface area contributed by atoms with Crippen LogP contribution in [0.1, 0.15) is 43.5 Å². The quantitative estimate of drug-likeness (QED) is 0.794. The predicted molar refractivity (Wildman–Crippen MR) is 105 cm³/mol. The van der Waals surface area contributed by atoms with Gasteiger partial charge < -0.3 is 15.3 Å². The van der Waals surface area contributed by atoms with Gasteiger partial charge in [0.1, 0.15) is 5.82 Å². The number of halogens is 1. The maximum Gasteiger partial charge on any atom is 0.225 e. The van der Waals surface area contributed by atoms with Gasteiger partial charge in [-0.3, -0.25) is 0 Å². The number of aliphatic hydroxyl groups excluding tert-OH is 1. The smallest absolute Gasteiger partial charge is 0.225 e. The maximum absolute atomic E-state index is 9.29. The van der Waals surface area contributed by atoms with Crippen LogP contribution in [0.3, 0.4) is 0 Å². The summed E-state index contributed by atoms with van der Waals surface area (Å²) in [5.74, 6) is 1.85. The van der Waals surface area contributed by atoms with Gasteiger partial charge >= 0.3 is 0 Å². The van der Waals surface area contributed by atoms with Crippen molar-refractivity contribution in [3.63, 3.8) is 0 Å². The number of nitrogens with zero attached hydrogens (tertiary/aromatic N) is 3. The molecule has 134 valence electrons. The van der Waals surface area contributed by atoms with E-state index in [0.29, 0.717) is 11.9 Å². The number of benzene rings is 1. The summed E-state index contributed by atoms with van der Waals surface area (Å²) in [4.78, 5) is 11.6. The van der Waals surface area contributed by atoms with Crippen LogP contribution in [0, 0.1) is 0 Å². The van der Waals surface area contributed by atoms with Crippen LogP contribution in [-0.4, -0.2) is 34.3 Å². The first kappa shape index (κ1) is 18.1. The fraction of sp³-hybridized carbons (Fsp3) is 0.474. The van der Waals surface area contributed by atoms with Crippen molar-refractivity contribution >= 4 is 27.7 Å². The Morgan fingerprint density at radius 3 is 2.72 bits per heavy atom. The molecule has 1 aromatic heterocycles. The van der Waals surface area contributed by atoms with E-state index in [1.807, 2.05) is 6.92 Å². The van der Waals surface area contributed by atoms with Crippen LogP contribution in [0.15, 0.2) is 28.7 Å². The van der Waals surface area contributed by atoms with E-state index in [0.717, 1.165) is 35.5 Å². The van der Waals surface area contributed by atoms with Crippen molar-refractivity contribution in [2.75, 3.05) is 23.4 Å². The molecular weight excluding hydrogens is 380 g/mol. The van der Waals surface area contributed by atoms with Crippen LogP contribution in [0.4, 0.5) is 11.8 Å². The zero-order valence-electron chi connectivity index (χ0n) is 15.0. The number of nitrogens with one attached hydrogen (secondary N) is 1. The average Bonchev–Trinajstić information content (AvgIpc) is 2.60. The number of rotatable bonds is 5. The van der Waals surface area contributed by atoms with E-state index in [9.17, 15) is 5.11 Å². The highest BCUT2D eigenvalue weighted by molar-refractivity contribution is 9.10. The Labute approximate surface area is 157 Å². The summed E-state index contributed by atoms with van der Waals surface area (Å²) in [6, 6.07) is 8.50. The Morgan fingerprint density at radius 2 is 2.00 bits per heavy atom. The van der Waals surface area contributed by atoms with Gasteiger partial charge in [0, 0.05) is 29.7 Å².